The Hall–Kier alpha value is -3.26. The first kappa shape index (κ1) is 19.1. The minimum absolute atomic E-state index is 0.195. The second kappa shape index (κ2) is 9.90. The lowest BCUT2D eigenvalue weighted by Gasteiger charge is -2.10. The van der Waals surface area contributed by atoms with Crippen LogP contribution in [0.5, 0.6) is 11.5 Å². The van der Waals surface area contributed by atoms with Crippen LogP contribution in [0.3, 0.4) is 0 Å². The maximum Gasteiger partial charge on any atom is 0.244 e. The quantitative estimate of drug-likeness (QED) is 0.737. The van der Waals surface area contributed by atoms with Crippen LogP contribution < -0.4 is 14.8 Å². The molecule has 1 N–H and O–H groups in total. The molecule has 0 bridgehead atoms. The van der Waals surface area contributed by atoms with Crippen LogP contribution in [0.25, 0.3) is 6.08 Å². The van der Waals surface area contributed by atoms with Gasteiger partial charge in [0.25, 0.3) is 0 Å². The van der Waals surface area contributed by atoms with Gasteiger partial charge in [0.05, 0.1) is 25.3 Å². The lowest BCUT2D eigenvalue weighted by atomic mass is 10.1. The number of nitrogens with zero attached hydrogens (tertiary/aromatic N) is 1. The maximum absolute atomic E-state index is 12.0. The second-order valence-electron chi connectivity index (χ2n) is 5.62. The molecule has 0 saturated carbocycles. The number of benzene rings is 2. The summed E-state index contributed by atoms with van der Waals surface area (Å²) in [7, 11) is 1.59. The van der Waals surface area contributed by atoms with Crippen LogP contribution in [0.4, 0.5) is 0 Å². The lowest BCUT2D eigenvalue weighted by Crippen LogP contribution is -2.20. The Kier molecular flexibility index (Phi) is 7.26. The molecule has 2 aromatic carbocycles. The van der Waals surface area contributed by atoms with Gasteiger partial charge in [-0.15, -0.1) is 0 Å². The van der Waals surface area contributed by atoms with Crippen molar-refractivity contribution in [3.05, 3.63) is 65.2 Å². The molecule has 5 heteroatoms. The van der Waals surface area contributed by atoms with Crippen molar-refractivity contribution in [3.63, 3.8) is 0 Å². The van der Waals surface area contributed by atoms with E-state index in [1.807, 2.05) is 37.3 Å². The fourth-order valence-corrected chi connectivity index (χ4v) is 2.24. The van der Waals surface area contributed by atoms with Gasteiger partial charge in [0.15, 0.2) is 11.5 Å². The van der Waals surface area contributed by atoms with Crippen LogP contribution in [0.2, 0.25) is 0 Å². The molecule has 134 valence electrons. The summed E-state index contributed by atoms with van der Waals surface area (Å²) in [6, 6.07) is 14.7. The first-order valence-corrected chi connectivity index (χ1v) is 8.42. The number of rotatable bonds is 8. The number of hydrogen-bond acceptors (Lipinski definition) is 4. The van der Waals surface area contributed by atoms with Gasteiger partial charge in [-0.3, -0.25) is 4.79 Å². The van der Waals surface area contributed by atoms with E-state index < -0.39 is 0 Å². The Bertz CT molecular complexity index is 805. The molecule has 5 nitrogen and oxygen atoms in total. The lowest BCUT2D eigenvalue weighted by molar-refractivity contribution is -0.116. The van der Waals surface area contributed by atoms with Crippen molar-refractivity contribution in [1.82, 2.24) is 5.32 Å². The first-order valence-electron chi connectivity index (χ1n) is 8.42. The fraction of sp³-hybridized carbons (Fsp3) is 0.238. The van der Waals surface area contributed by atoms with Crippen LogP contribution in [0.15, 0.2) is 48.5 Å². The molecule has 0 fully saturated rings. The number of nitrogens with one attached hydrogen (secondary N) is 1. The zero-order valence-electron chi connectivity index (χ0n) is 15.0. The van der Waals surface area contributed by atoms with Crippen LogP contribution in [0, 0.1) is 11.3 Å². The molecule has 0 aliphatic rings. The summed E-state index contributed by atoms with van der Waals surface area (Å²) in [5, 5.41) is 11.6. The van der Waals surface area contributed by atoms with Crippen LogP contribution in [-0.4, -0.2) is 19.6 Å². The predicted molar refractivity (Wildman–Crippen MR) is 101 cm³/mol. The van der Waals surface area contributed by atoms with E-state index in [1.54, 1.807) is 25.3 Å². The Morgan fingerprint density at radius 1 is 1.19 bits per heavy atom. The van der Waals surface area contributed by atoms with Gasteiger partial charge in [-0.05, 0) is 47.9 Å². The molecule has 0 aliphatic heterocycles. The molecule has 0 atom stereocenters. The third-order valence-electron chi connectivity index (χ3n) is 3.63. The predicted octanol–water partition coefficient (Wildman–Crippen LogP) is 3.69. The smallest absolute Gasteiger partial charge is 0.244 e. The van der Waals surface area contributed by atoms with Crippen molar-refractivity contribution in [1.29, 1.82) is 5.26 Å². The molecule has 0 aromatic heterocycles. The average Bonchev–Trinajstić information content (AvgIpc) is 2.69. The highest BCUT2D eigenvalue weighted by atomic mass is 16.5. The number of methoxy groups -OCH3 is 1. The van der Waals surface area contributed by atoms with Crippen molar-refractivity contribution < 1.29 is 14.3 Å². The third kappa shape index (κ3) is 5.67. The topological polar surface area (TPSA) is 71.3 Å². The summed E-state index contributed by atoms with van der Waals surface area (Å²) in [6.07, 6.45) is 4.12. The number of carbonyl (C=O) groups excluding carboxylic acids is 1. The third-order valence-corrected chi connectivity index (χ3v) is 3.63. The van der Waals surface area contributed by atoms with E-state index in [0.29, 0.717) is 30.2 Å². The molecule has 2 rings (SSSR count). The normalized spacial score (nSPS) is 10.3. The molecule has 2 aromatic rings. The van der Waals surface area contributed by atoms with Gasteiger partial charge >= 0.3 is 0 Å². The molecule has 26 heavy (non-hydrogen) atoms. The van der Waals surface area contributed by atoms with E-state index in [4.69, 9.17) is 14.7 Å². The molecule has 1 amide bonds. The number of ether oxygens (including phenoxy) is 2. The molecule has 0 heterocycles. The van der Waals surface area contributed by atoms with Gasteiger partial charge in [-0.1, -0.05) is 25.1 Å². The zero-order chi connectivity index (χ0) is 18.8. The first-order chi connectivity index (χ1) is 12.7. The largest absolute Gasteiger partial charge is 0.493 e. The fourth-order valence-electron chi connectivity index (χ4n) is 2.24. The maximum atomic E-state index is 12.0. The molecule has 0 aliphatic carbocycles. The monoisotopic (exact) mass is 350 g/mol. The van der Waals surface area contributed by atoms with E-state index >= 15 is 0 Å². The Morgan fingerprint density at radius 3 is 2.62 bits per heavy atom. The van der Waals surface area contributed by atoms with Gasteiger partial charge < -0.3 is 14.8 Å². The van der Waals surface area contributed by atoms with Crippen LogP contribution >= 0.6 is 0 Å². The standard InChI is InChI=1S/C21H22N2O3/c1-3-12-26-19-10-8-16(13-20(19)25-2)9-11-21(24)23-15-18-6-4-17(14-22)5-7-18/h4-11,13H,3,12,15H2,1-2H3,(H,23,24)/b11-9+. The van der Waals surface area contributed by atoms with Gasteiger partial charge in [0.2, 0.25) is 5.91 Å². The summed E-state index contributed by atoms with van der Waals surface area (Å²) < 4.78 is 10.9. The number of nitriles is 1. The molecular formula is C21H22N2O3. The van der Waals surface area contributed by atoms with Crippen molar-refractivity contribution in [2.24, 2.45) is 0 Å². The molecule has 0 radical (unpaired) electrons. The number of carbonyl (C=O) groups is 1. The van der Waals surface area contributed by atoms with Gasteiger partial charge in [0, 0.05) is 12.6 Å². The Balaban J connectivity index is 1.93. The summed E-state index contributed by atoms with van der Waals surface area (Å²) in [4.78, 5) is 12.0. The molecular weight excluding hydrogens is 328 g/mol. The highest BCUT2D eigenvalue weighted by molar-refractivity contribution is 5.91. The van der Waals surface area contributed by atoms with Gasteiger partial charge in [-0.25, -0.2) is 0 Å². The summed E-state index contributed by atoms with van der Waals surface area (Å²) >= 11 is 0. The molecule has 0 saturated heterocycles. The number of amides is 1. The number of hydrogen-bond donors (Lipinski definition) is 1. The van der Waals surface area contributed by atoms with E-state index in [0.717, 1.165) is 17.5 Å². The summed E-state index contributed by atoms with van der Waals surface area (Å²) in [5.74, 6) is 1.13. The minimum Gasteiger partial charge on any atom is -0.493 e. The van der Waals surface area contributed by atoms with Crippen molar-refractivity contribution in [3.8, 4) is 17.6 Å². The second-order valence-corrected chi connectivity index (χ2v) is 5.62. The van der Waals surface area contributed by atoms with Crippen LogP contribution in [-0.2, 0) is 11.3 Å². The summed E-state index contributed by atoms with van der Waals surface area (Å²) in [6.45, 7) is 3.07. The van der Waals surface area contributed by atoms with E-state index in [1.165, 1.54) is 6.08 Å². The van der Waals surface area contributed by atoms with E-state index in [2.05, 4.69) is 11.4 Å². The van der Waals surface area contributed by atoms with Crippen molar-refractivity contribution in [2.75, 3.05) is 13.7 Å². The van der Waals surface area contributed by atoms with E-state index in [-0.39, 0.29) is 5.91 Å². The molecule has 0 unspecified atom stereocenters. The summed E-state index contributed by atoms with van der Waals surface area (Å²) in [5.41, 5.74) is 2.38. The van der Waals surface area contributed by atoms with Gasteiger partial charge in [-0.2, -0.15) is 5.26 Å². The highest BCUT2D eigenvalue weighted by Gasteiger charge is 2.05. The van der Waals surface area contributed by atoms with Crippen molar-refractivity contribution >= 4 is 12.0 Å². The zero-order valence-corrected chi connectivity index (χ0v) is 15.0. The Labute approximate surface area is 153 Å². The highest BCUT2D eigenvalue weighted by Crippen LogP contribution is 2.28. The van der Waals surface area contributed by atoms with Crippen molar-refractivity contribution in [2.45, 2.75) is 19.9 Å². The average molecular weight is 350 g/mol. The van der Waals surface area contributed by atoms with E-state index in [9.17, 15) is 4.79 Å². The van der Waals surface area contributed by atoms with Crippen LogP contribution in [0.1, 0.15) is 30.0 Å². The minimum atomic E-state index is -0.195. The molecule has 0 spiro atoms. The Morgan fingerprint density at radius 2 is 1.96 bits per heavy atom. The SMILES string of the molecule is CCCOc1ccc(/C=C/C(=O)NCc2ccc(C#N)cc2)cc1OC. The van der Waals surface area contributed by atoms with Gasteiger partial charge in [0.1, 0.15) is 0 Å².